The second-order valence-electron chi connectivity index (χ2n) is 2.64. The van der Waals surface area contributed by atoms with Gasteiger partial charge in [0.05, 0.1) is 0 Å². The second kappa shape index (κ2) is 4.53. The number of ketones is 1. The minimum Gasteiger partial charge on any atom is -0.289 e. The van der Waals surface area contributed by atoms with Crippen LogP contribution in [-0.4, -0.2) is 11.3 Å². The van der Waals surface area contributed by atoms with Crippen LogP contribution in [0.2, 0.25) is 0 Å². The van der Waals surface area contributed by atoms with Crippen molar-refractivity contribution >= 4 is 17.5 Å². The molecular formula is C10H7F3OS. The van der Waals surface area contributed by atoms with Gasteiger partial charge in [0.2, 0.25) is 0 Å². The highest BCUT2D eigenvalue weighted by molar-refractivity contribution is 8.00. The van der Waals surface area contributed by atoms with Crippen LogP contribution in [0.5, 0.6) is 0 Å². The molecule has 0 saturated carbocycles. The van der Waals surface area contributed by atoms with Crippen molar-refractivity contribution in [3.8, 4) is 0 Å². The molecule has 0 spiro atoms. The number of rotatable bonds is 3. The van der Waals surface area contributed by atoms with Crippen LogP contribution in [0.25, 0.3) is 0 Å². The SMILES string of the molecule is C=CC(=O)c1cccc(SC(F)(F)F)c1. The maximum atomic E-state index is 12.0. The van der Waals surface area contributed by atoms with Crippen molar-refractivity contribution in [2.45, 2.75) is 10.4 Å². The number of alkyl halides is 3. The summed E-state index contributed by atoms with van der Waals surface area (Å²) in [4.78, 5) is 11.1. The number of carbonyl (C=O) groups is 1. The monoisotopic (exact) mass is 232 g/mol. The minimum absolute atomic E-state index is 0.00444. The van der Waals surface area contributed by atoms with E-state index in [1.807, 2.05) is 0 Å². The Morgan fingerprint density at radius 1 is 1.40 bits per heavy atom. The summed E-state index contributed by atoms with van der Waals surface area (Å²) in [5.41, 5.74) is -4.13. The maximum absolute atomic E-state index is 12.0. The topological polar surface area (TPSA) is 17.1 Å². The third-order valence-corrected chi connectivity index (χ3v) is 2.26. The number of thioether (sulfide) groups is 1. The number of halogens is 3. The molecule has 0 radical (unpaired) electrons. The standard InChI is InChI=1S/C10H7F3OS/c1-2-9(14)7-4-3-5-8(6-7)15-10(11,12)13/h2-6H,1H2. The summed E-state index contributed by atoms with van der Waals surface area (Å²) in [6, 6.07) is 5.36. The molecule has 0 N–H and O–H groups in total. The summed E-state index contributed by atoms with van der Waals surface area (Å²) in [7, 11) is 0. The number of hydrogen-bond donors (Lipinski definition) is 0. The van der Waals surface area contributed by atoms with Crippen LogP contribution in [0.3, 0.4) is 0 Å². The summed E-state index contributed by atoms with van der Waals surface area (Å²) in [6.45, 7) is 3.26. The lowest BCUT2D eigenvalue weighted by Gasteiger charge is -2.05. The van der Waals surface area contributed by atoms with Gasteiger partial charge in [0, 0.05) is 10.5 Å². The molecule has 1 rings (SSSR count). The zero-order chi connectivity index (χ0) is 11.5. The molecule has 15 heavy (non-hydrogen) atoms. The summed E-state index contributed by atoms with van der Waals surface area (Å²) in [5.74, 6) is -0.389. The summed E-state index contributed by atoms with van der Waals surface area (Å²) < 4.78 is 36.0. The Hall–Kier alpha value is -1.23. The van der Waals surface area contributed by atoms with Gasteiger partial charge in [-0.25, -0.2) is 0 Å². The van der Waals surface area contributed by atoms with Crippen molar-refractivity contribution in [2.75, 3.05) is 0 Å². The van der Waals surface area contributed by atoms with Crippen LogP contribution in [-0.2, 0) is 0 Å². The van der Waals surface area contributed by atoms with Crippen molar-refractivity contribution in [2.24, 2.45) is 0 Å². The van der Waals surface area contributed by atoms with Crippen molar-refractivity contribution in [1.29, 1.82) is 0 Å². The predicted octanol–water partition coefficient (Wildman–Crippen LogP) is 3.67. The first-order chi connectivity index (χ1) is 6.92. The summed E-state index contributed by atoms with van der Waals surface area (Å²) in [5, 5.41) is 0. The molecule has 0 saturated heterocycles. The predicted molar refractivity (Wildman–Crippen MR) is 52.9 cm³/mol. The van der Waals surface area contributed by atoms with Gasteiger partial charge in [0.15, 0.2) is 5.78 Å². The Morgan fingerprint density at radius 2 is 2.07 bits per heavy atom. The van der Waals surface area contributed by atoms with Crippen LogP contribution >= 0.6 is 11.8 Å². The lowest BCUT2D eigenvalue weighted by molar-refractivity contribution is -0.0328. The van der Waals surface area contributed by atoms with E-state index < -0.39 is 5.51 Å². The Bertz CT molecular complexity index is 384. The molecule has 0 amide bonds. The molecule has 0 aliphatic heterocycles. The van der Waals surface area contributed by atoms with E-state index in [-0.39, 0.29) is 28.0 Å². The van der Waals surface area contributed by atoms with Gasteiger partial charge in [-0.2, -0.15) is 13.2 Å². The Balaban J connectivity index is 2.93. The Labute approximate surface area is 89.0 Å². The second-order valence-corrected chi connectivity index (χ2v) is 3.78. The molecular weight excluding hydrogens is 225 g/mol. The summed E-state index contributed by atoms with van der Waals surface area (Å²) >= 11 is -0.244. The van der Waals surface area contributed by atoms with Gasteiger partial charge in [-0.15, -0.1) is 0 Å². The van der Waals surface area contributed by atoms with Crippen LogP contribution in [0, 0.1) is 0 Å². The summed E-state index contributed by atoms with van der Waals surface area (Å²) in [6.07, 6.45) is 1.07. The van der Waals surface area contributed by atoms with E-state index in [4.69, 9.17) is 0 Å². The third kappa shape index (κ3) is 3.79. The third-order valence-electron chi connectivity index (χ3n) is 1.54. The van der Waals surface area contributed by atoms with E-state index in [1.54, 1.807) is 0 Å². The van der Waals surface area contributed by atoms with Gasteiger partial charge >= 0.3 is 5.51 Å². The number of benzene rings is 1. The lowest BCUT2D eigenvalue weighted by atomic mass is 10.1. The molecule has 0 unspecified atom stereocenters. The minimum atomic E-state index is -4.34. The highest BCUT2D eigenvalue weighted by atomic mass is 32.2. The fourth-order valence-corrected chi connectivity index (χ4v) is 1.56. The average molecular weight is 232 g/mol. The molecule has 1 aromatic carbocycles. The number of allylic oxidation sites excluding steroid dienone is 1. The van der Waals surface area contributed by atoms with Gasteiger partial charge in [-0.1, -0.05) is 18.7 Å². The number of hydrogen-bond acceptors (Lipinski definition) is 2. The quantitative estimate of drug-likeness (QED) is 0.449. The zero-order valence-corrected chi connectivity index (χ0v) is 8.36. The molecule has 0 bridgehead atoms. The van der Waals surface area contributed by atoms with E-state index in [0.29, 0.717) is 0 Å². The molecule has 80 valence electrons. The molecule has 0 atom stereocenters. The first-order valence-corrected chi connectivity index (χ1v) is 4.76. The number of carbonyl (C=O) groups excluding carboxylic acids is 1. The molecule has 5 heteroatoms. The first-order valence-electron chi connectivity index (χ1n) is 3.95. The van der Waals surface area contributed by atoms with Gasteiger partial charge in [0.25, 0.3) is 0 Å². The molecule has 0 aliphatic carbocycles. The fraction of sp³-hybridized carbons (Fsp3) is 0.100. The van der Waals surface area contributed by atoms with Crippen LogP contribution in [0.4, 0.5) is 13.2 Å². The van der Waals surface area contributed by atoms with Crippen molar-refractivity contribution in [3.63, 3.8) is 0 Å². The molecule has 0 fully saturated rings. The Morgan fingerprint density at radius 3 is 2.60 bits per heavy atom. The molecule has 0 aliphatic rings. The first kappa shape index (κ1) is 11.8. The smallest absolute Gasteiger partial charge is 0.289 e. The van der Waals surface area contributed by atoms with Gasteiger partial charge < -0.3 is 0 Å². The van der Waals surface area contributed by atoms with Crippen molar-refractivity contribution in [1.82, 2.24) is 0 Å². The highest BCUT2D eigenvalue weighted by Crippen LogP contribution is 2.36. The van der Waals surface area contributed by atoms with Crippen LogP contribution < -0.4 is 0 Å². The zero-order valence-electron chi connectivity index (χ0n) is 7.54. The van der Waals surface area contributed by atoms with E-state index >= 15 is 0 Å². The van der Waals surface area contributed by atoms with Crippen molar-refractivity contribution < 1.29 is 18.0 Å². The van der Waals surface area contributed by atoms with Crippen molar-refractivity contribution in [3.05, 3.63) is 42.5 Å². The van der Waals surface area contributed by atoms with Gasteiger partial charge in [-0.3, -0.25) is 4.79 Å². The fourth-order valence-electron chi connectivity index (χ4n) is 0.964. The van der Waals surface area contributed by atoms with Gasteiger partial charge in [0.1, 0.15) is 0 Å². The van der Waals surface area contributed by atoms with Gasteiger partial charge in [-0.05, 0) is 30.0 Å². The lowest BCUT2D eigenvalue weighted by Crippen LogP contribution is -2.00. The maximum Gasteiger partial charge on any atom is 0.446 e. The van der Waals surface area contributed by atoms with Crippen LogP contribution in [0.15, 0.2) is 41.8 Å². The highest BCUT2D eigenvalue weighted by Gasteiger charge is 2.29. The van der Waals surface area contributed by atoms with Crippen LogP contribution in [0.1, 0.15) is 10.4 Å². The largest absolute Gasteiger partial charge is 0.446 e. The van der Waals surface area contributed by atoms with E-state index in [0.717, 1.165) is 6.08 Å². The van der Waals surface area contributed by atoms with E-state index in [9.17, 15) is 18.0 Å². The van der Waals surface area contributed by atoms with E-state index in [1.165, 1.54) is 24.3 Å². The molecule has 1 nitrogen and oxygen atoms in total. The Kier molecular flexibility index (Phi) is 3.57. The normalized spacial score (nSPS) is 11.1. The van der Waals surface area contributed by atoms with E-state index in [2.05, 4.69) is 6.58 Å². The molecule has 0 heterocycles. The average Bonchev–Trinajstić information content (AvgIpc) is 2.14. The molecule has 1 aromatic rings. The molecule has 0 aromatic heterocycles.